The highest BCUT2D eigenvalue weighted by molar-refractivity contribution is 5.96. The summed E-state index contributed by atoms with van der Waals surface area (Å²) in [6.07, 6.45) is 9.42. The minimum absolute atomic E-state index is 0.232. The normalized spacial score (nSPS) is 39.0. The van der Waals surface area contributed by atoms with E-state index in [-0.39, 0.29) is 5.78 Å². The molecule has 2 aromatic rings. The highest BCUT2D eigenvalue weighted by atomic mass is 16.8. The second-order valence-electron chi connectivity index (χ2n) is 9.65. The van der Waals surface area contributed by atoms with Crippen LogP contribution >= 0.6 is 0 Å². The zero-order chi connectivity index (χ0) is 21.1. The summed E-state index contributed by atoms with van der Waals surface area (Å²) < 4.78 is 13.6. The molecule has 0 radical (unpaired) electrons. The lowest BCUT2D eigenvalue weighted by Crippen LogP contribution is -2.59. The van der Waals surface area contributed by atoms with Crippen LogP contribution in [0.1, 0.15) is 56.6 Å². The second kappa shape index (κ2) is 6.75. The van der Waals surface area contributed by atoms with Gasteiger partial charge in [-0.05, 0) is 61.3 Å². The Bertz CT molecular complexity index is 1030. The molecule has 2 aromatic carbocycles. The summed E-state index contributed by atoms with van der Waals surface area (Å²) in [6.45, 7) is 2.05. The molecule has 2 spiro atoms. The molecule has 4 aliphatic rings. The molecule has 2 aliphatic carbocycles. The minimum atomic E-state index is -0.787. The van der Waals surface area contributed by atoms with Crippen LogP contribution in [-0.2, 0) is 14.3 Å². The molecule has 0 unspecified atom stereocenters. The smallest absolute Gasteiger partial charge is 0.183 e. The van der Waals surface area contributed by atoms with Gasteiger partial charge in [-0.1, -0.05) is 72.8 Å². The van der Waals surface area contributed by atoms with Gasteiger partial charge in [0.25, 0.3) is 0 Å². The summed E-state index contributed by atoms with van der Waals surface area (Å²) in [7, 11) is 0. The lowest BCUT2D eigenvalue weighted by molar-refractivity contribution is -0.213. The topological polar surface area (TPSA) is 35.5 Å². The maximum atomic E-state index is 13.8. The number of ether oxygens (including phenoxy) is 2. The molecule has 2 bridgehead atoms. The number of hydrogen-bond donors (Lipinski definition) is 0. The van der Waals surface area contributed by atoms with Crippen LogP contribution in [-0.4, -0.2) is 23.3 Å². The summed E-state index contributed by atoms with van der Waals surface area (Å²) >= 11 is 0. The lowest BCUT2D eigenvalue weighted by atomic mass is 9.65. The Hall–Kier alpha value is -2.49. The number of benzene rings is 2. The van der Waals surface area contributed by atoms with Gasteiger partial charge in [0.05, 0.1) is 5.41 Å². The van der Waals surface area contributed by atoms with Crippen molar-refractivity contribution in [3.05, 3.63) is 82.9 Å². The summed E-state index contributed by atoms with van der Waals surface area (Å²) in [6, 6.07) is 20.7. The van der Waals surface area contributed by atoms with Crippen LogP contribution in [0, 0.1) is 5.41 Å². The predicted molar refractivity (Wildman–Crippen MR) is 121 cm³/mol. The van der Waals surface area contributed by atoms with E-state index in [0.29, 0.717) is 0 Å². The van der Waals surface area contributed by atoms with Crippen LogP contribution in [0.3, 0.4) is 0 Å². The Labute approximate surface area is 183 Å². The zero-order valence-electron chi connectivity index (χ0n) is 18.0. The van der Waals surface area contributed by atoms with Crippen molar-refractivity contribution in [1.29, 1.82) is 0 Å². The van der Waals surface area contributed by atoms with Gasteiger partial charge in [-0.3, -0.25) is 4.79 Å². The van der Waals surface area contributed by atoms with Crippen molar-refractivity contribution in [2.45, 2.75) is 62.9 Å². The number of rotatable bonds is 2. The van der Waals surface area contributed by atoms with Crippen LogP contribution in [0.4, 0.5) is 0 Å². The molecule has 6 rings (SSSR count). The van der Waals surface area contributed by atoms with Gasteiger partial charge in [-0.15, -0.1) is 0 Å². The van der Waals surface area contributed by atoms with E-state index in [1.54, 1.807) is 0 Å². The quantitative estimate of drug-likeness (QED) is 0.610. The zero-order valence-corrected chi connectivity index (χ0v) is 18.0. The monoisotopic (exact) mass is 412 g/mol. The first kappa shape index (κ1) is 19.2. The van der Waals surface area contributed by atoms with E-state index < -0.39 is 22.9 Å². The van der Waals surface area contributed by atoms with Gasteiger partial charge in [0, 0.05) is 6.42 Å². The Morgan fingerprint density at radius 1 is 0.839 bits per heavy atom. The molecule has 3 heteroatoms. The van der Waals surface area contributed by atoms with Gasteiger partial charge in [0.15, 0.2) is 17.7 Å². The SMILES string of the molecule is C[C@]12CCC[C@@]13O[C@@H](C2=O)C1(O3)/C(=C/c2ccccc2)CCC/C1=C\c1ccccc1. The van der Waals surface area contributed by atoms with E-state index >= 15 is 0 Å². The molecule has 4 fully saturated rings. The van der Waals surface area contributed by atoms with Gasteiger partial charge in [-0.25, -0.2) is 0 Å². The van der Waals surface area contributed by atoms with Crippen LogP contribution in [0.25, 0.3) is 12.2 Å². The first-order valence-corrected chi connectivity index (χ1v) is 11.5. The minimum Gasteiger partial charge on any atom is -0.334 e. The highest BCUT2D eigenvalue weighted by Crippen LogP contribution is 2.67. The van der Waals surface area contributed by atoms with E-state index in [2.05, 4.69) is 67.6 Å². The van der Waals surface area contributed by atoms with Crippen molar-refractivity contribution in [2.75, 3.05) is 0 Å². The number of carbonyl (C=O) groups excluding carboxylic acids is 1. The predicted octanol–water partition coefficient (Wildman–Crippen LogP) is 5.96. The van der Waals surface area contributed by atoms with E-state index in [1.807, 2.05) is 12.1 Å². The number of hydrogen-bond acceptors (Lipinski definition) is 3. The van der Waals surface area contributed by atoms with Crippen molar-refractivity contribution in [2.24, 2.45) is 5.41 Å². The number of fused-ring (bicyclic) bond motifs is 2. The number of Topliss-reactive ketones (excluding diaryl/α,β-unsaturated/α-hetero) is 1. The summed E-state index contributed by atoms with van der Waals surface area (Å²) in [4.78, 5) is 13.8. The van der Waals surface area contributed by atoms with Crippen molar-refractivity contribution >= 4 is 17.9 Å². The standard InChI is InChI=1S/C28H28O3/c1-26-16-9-17-27(26)30-25(24(26)29)28(31-27)22(18-20-10-4-2-5-11-20)14-8-15-23(28)19-21-12-6-3-7-13-21/h2-7,10-13,18-19,25H,8-9,14-17H2,1H3/b22-18+,23-19+/t25-,26+,27-/m0/s1. The van der Waals surface area contributed by atoms with Crippen molar-refractivity contribution < 1.29 is 14.3 Å². The van der Waals surface area contributed by atoms with Crippen LogP contribution < -0.4 is 0 Å². The van der Waals surface area contributed by atoms with Crippen molar-refractivity contribution in [3.63, 3.8) is 0 Å². The van der Waals surface area contributed by atoms with Crippen LogP contribution in [0.5, 0.6) is 0 Å². The van der Waals surface area contributed by atoms with Crippen molar-refractivity contribution in [3.8, 4) is 0 Å². The molecule has 0 amide bonds. The van der Waals surface area contributed by atoms with E-state index in [1.165, 1.54) is 11.1 Å². The lowest BCUT2D eigenvalue weighted by Gasteiger charge is -2.47. The third kappa shape index (κ3) is 2.57. The molecule has 31 heavy (non-hydrogen) atoms. The maximum absolute atomic E-state index is 13.8. The van der Waals surface area contributed by atoms with Crippen LogP contribution in [0.15, 0.2) is 71.8 Å². The molecule has 2 saturated carbocycles. The molecule has 2 heterocycles. The Morgan fingerprint density at radius 3 is 2.00 bits per heavy atom. The van der Waals surface area contributed by atoms with Gasteiger partial charge in [-0.2, -0.15) is 0 Å². The average Bonchev–Trinajstić information content (AvgIpc) is 3.37. The molecule has 2 saturated heterocycles. The second-order valence-corrected chi connectivity index (χ2v) is 9.65. The van der Waals surface area contributed by atoms with Crippen molar-refractivity contribution in [1.82, 2.24) is 0 Å². The van der Waals surface area contributed by atoms with Gasteiger partial charge < -0.3 is 9.47 Å². The van der Waals surface area contributed by atoms with Gasteiger partial charge >= 0.3 is 0 Å². The fourth-order valence-corrected chi connectivity index (χ4v) is 6.32. The Kier molecular flexibility index (Phi) is 4.19. The highest BCUT2D eigenvalue weighted by Gasteiger charge is 2.78. The largest absolute Gasteiger partial charge is 0.334 e. The molecule has 3 atom stereocenters. The molecular weight excluding hydrogens is 384 g/mol. The van der Waals surface area contributed by atoms with Gasteiger partial charge in [0.1, 0.15) is 5.60 Å². The molecule has 2 aliphatic heterocycles. The Balaban J connectivity index is 1.54. The van der Waals surface area contributed by atoms with E-state index in [0.717, 1.165) is 49.7 Å². The third-order valence-electron chi connectivity index (χ3n) is 7.94. The number of ketones is 1. The maximum Gasteiger partial charge on any atom is 0.183 e. The molecule has 3 nitrogen and oxygen atoms in total. The summed E-state index contributed by atoms with van der Waals surface area (Å²) in [5.41, 5.74) is 3.33. The Morgan fingerprint density at radius 2 is 1.42 bits per heavy atom. The fourth-order valence-electron chi connectivity index (χ4n) is 6.32. The fraction of sp³-hybridized carbons (Fsp3) is 0.393. The summed E-state index contributed by atoms with van der Waals surface area (Å²) in [5, 5.41) is 0. The molecule has 0 N–H and O–H groups in total. The number of carbonyl (C=O) groups is 1. The molecule has 0 aromatic heterocycles. The van der Waals surface area contributed by atoms with Gasteiger partial charge in [0.2, 0.25) is 0 Å². The summed E-state index contributed by atoms with van der Waals surface area (Å²) in [5.74, 6) is -0.548. The first-order valence-electron chi connectivity index (χ1n) is 11.5. The van der Waals surface area contributed by atoms with Crippen LogP contribution in [0.2, 0.25) is 0 Å². The van der Waals surface area contributed by atoms with E-state index in [4.69, 9.17) is 9.47 Å². The first-order chi connectivity index (χ1) is 15.1. The molecule has 158 valence electrons. The average molecular weight is 413 g/mol. The third-order valence-corrected chi connectivity index (χ3v) is 7.94. The van der Waals surface area contributed by atoms with E-state index in [9.17, 15) is 4.79 Å². The molecular formula is C28H28O3.